The van der Waals surface area contributed by atoms with Crippen LogP contribution in [0.4, 0.5) is 0 Å². The zero-order valence-electron chi connectivity index (χ0n) is 18.0. The van der Waals surface area contributed by atoms with Gasteiger partial charge in [-0.25, -0.2) is 9.97 Å². The lowest BCUT2D eigenvalue weighted by atomic mass is 10.1. The summed E-state index contributed by atoms with van der Waals surface area (Å²) in [7, 11) is 0. The predicted octanol–water partition coefficient (Wildman–Crippen LogP) is 3.70. The predicted molar refractivity (Wildman–Crippen MR) is 123 cm³/mol. The van der Waals surface area contributed by atoms with Crippen LogP contribution in [0.25, 0.3) is 11.2 Å². The van der Waals surface area contributed by atoms with Gasteiger partial charge in [0, 0.05) is 17.3 Å². The van der Waals surface area contributed by atoms with Gasteiger partial charge in [-0.05, 0) is 54.7 Å². The molecule has 3 aromatic rings. The van der Waals surface area contributed by atoms with Gasteiger partial charge in [0.1, 0.15) is 11.3 Å². The highest BCUT2D eigenvalue weighted by Crippen LogP contribution is 2.38. The maximum absolute atomic E-state index is 12.3. The molecule has 0 radical (unpaired) electrons. The van der Waals surface area contributed by atoms with Crippen molar-refractivity contribution in [2.45, 2.75) is 58.9 Å². The standard InChI is InChI=1S/C23H26BrN5O2/c1-4-19-26-22-13(3)10-16(12-21(31)28-27-20(30)5-2)25-23(22)29(19)18-9-6-14-11-15(24)7-8-17(14)18/h7-8,10-11,18H,4-6,9,12H2,1-3H3,(H,27,30)(H,28,31). The fraction of sp³-hybridized carbons (Fsp3) is 0.391. The molecule has 0 bridgehead atoms. The van der Waals surface area contributed by atoms with Crippen LogP contribution in [0.2, 0.25) is 0 Å². The second-order valence-corrected chi connectivity index (χ2v) is 8.79. The molecule has 2 N–H and O–H groups in total. The van der Waals surface area contributed by atoms with Crippen LogP contribution >= 0.6 is 15.9 Å². The normalized spacial score (nSPS) is 15.2. The first-order valence-electron chi connectivity index (χ1n) is 10.6. The van der Waals surface area contributed by atoms with E-state index in [9.17, 15) is 9.59 Å². The minimum absolute atomic E-state index is 0.0849. The maximum Gasteiger partial charge on any atom is 0.244 e. The monoisotopic (exact) mass is 483 g/mol. The summed E-state index contributed by atoms with van der Waals surface area (Å²) in [6.45, 7) is 5.84. The largest absolute Gasteiger partial charge is 0.305 e. The number of aromatic nitrogens is 3. The highest BCUT2D eigenvalue weighted by Gasteiger charge is 2.28. The molecule has 1 aliphatic rings. The van der Waals surface area contributed by atoms with Gasteiger partial charge in [0.25, 0.3) is 0 Å². The van der Waals surface area contributed by atoms with Crippen molar-refractivity contribution in [3.8, 4) is 0 Å². The Morgan fingerprint density at radius 2 is 1.94 bits per heavy atom. The molecule has 1 aliphatic carbocycles. The van der Waals surface area contributed by atoms with E-state index in [2.05, 4.69) is 56.5 Å². The minimum Gasteiger partial charge on any atom is -0.305 e. The van der Waals surface area contributed by atoms with E-state index in [1.807, 2.05) is 13.0 Å². The highest BCUT2D eigenvalue weighted by atomic mass is 79.9. The zero-order valence-corrected chi connectivity index (χ0v) is 19.5. The third-order valence-electron chi connectivity index (χ3n) is 5.75. The van der Waals surface area contributed by atoms with Crippen molar-refractivity contribution in [1.29, 1.82) is 0 Å². The molecule has 8 heteroatoms. The summed E-state index contributed by atoms with van der Waals surface area (Å²) >= 11 is 3.57. The van der Waals surface area contributed by atoms with E-state index in [0.29, 0.717) is 12.1 Å². The Kier molecular flexibility index (Phi) is 6.09. The van der Waals surface area contributed by atoms with Crippen molar-refractivity contribution >= 4 is 38.9 Å². The van der Waals surface area contributed by atoms with Gasteiger partial charge in [-0.15, -0.1) is 0 Å². The number of benzene rings is 1. The molecular weight excluding hydrogens is 458 g/mol. The van der Waals surface area contributed by atoms with Gasteiger partial charge in [-0.3, -0.25) is 20.4 Å². The Hall–Kier alpha value is -2.74. The van der Waals surface area contributed by atoms with Crippen molar-refractivity contribution in [2.24, 2.45) is 0 Å². The Morgan fingerprint density at radius 1 is 1.16 bits per heavy atom. The van der Waals surface area contributed by atoms with Gasteiger partial charge < -0.3 is 4.57 Å². The number of nitrogens with zero attached hydrogens (tertiary/aromatic N) is 3. The van der Waals surface area contributed by atoms with E-state index in [0.717, 1.165) is 46.3 Å². The smallest absolute Gasteiger partial charge is 0.244 e. The molecule has 0 saturated heterocycles. The SMILES string of the molecule is CCC(=O)NNC(=O)Cc1cc(C)c2nc(CC)n(C3CCc4cc(Br)ccc43)c2n1. The van der Waals surface area contributed by atoms with Gasteiger partial charge >= 0.3 is 0 Å². The third kappa shape index (κ3) is 4.21. The van der Waals surface area contributed by atoms with E-state index in [-0.39, 0.29) is 24.3 Å². The number of amides is 2. The van der Waals surface area contributed by atoms with E-state index in [1.165, 1.54) is 11.1 Å². The number of hydrogen-bond donors (Lipinski definition) is 2. The number of carbonyl (C=O) groups excluding carboxylic acids is 2. The fourth-order valence-corrected chi connectivity index (χ4v) is 4.67. The second-order valence-electron chi connectivity index (χ2n) is 7.88. The molecule has 1 aromatic carbocycles. The first-order chi connectivity index (χ1) is 14.9. The van der Waals surface area contributed by atoms with E-state index in [4.69, 9.17) is 9.97 Å². The lowest BCUT2D eigenvalue weighted by Crippen LogP contribution is -2.42. The van der Waals surface area contributed by atoms with Crippen LogP contribution in [0.15, 0.2) is 28.7 Å². The molecule has 2 aromatic heterocycles. The summed E-state index contributed by atoms with van der Waals surface area (Å²) in [4.78, 5) is 33.4. The maximum atomic E-state index is 12.3. The van der Waals surface area contributed by atoms with Crippen LogP contribution in [0, 0.1) is 6.92 Å². The van der Waals surface area contributed by atoms with Gasteiger partial charge in [-0.2, -0.15) is 0 Å². The number of fused-ring (bicyclic) bond motifs is 2. The number of hydrogen-bond acceptors (Lipinski definition) is 4. The van der Waals surface area contributed by atoms with Gasteiger partial charge in [0.2, 0.25) is 11.8 Å². The zero-order chi connectivity index (χ0) is 22.1. The number of imidazole rings is 1. The Balaban J connectivity index is 1.71. The molecule has 1 atom stereocenters. The summed E-state index contributed by atoms with van der Waals surface area (Å²) in [5, 5.41) is 0. The molecule has 31 heavy (non-hydrogen) atoms. The molecule has 162 valence electrons. The van der Waals surface area contributed by atoms with Crippen LogP contribution in [-0.2, 0) is 28.9 Å². The Morgan fingerprint density at radius 3 is 2.68 bits per heavy atom. The van der Waals surface area contributed by atoms with Gasteiger partial charge in [0.15, 0.2) is 5.65 Å². The number of aryl methyl sites for hydroxylation is 3. The molecule has 2 heterocycles. The molecule has 7 nitrogen and oxygen atoms in total. The lowest BCUT2D eigenvalue weighted by molar-refractivity contribution is -0.128. The highest BCUT2D eigenvalue weighted by molar-refractivity contribution is 9.10. The van der Waals surface area contributed by atoms with Crippen molar-refractivity contribution in [1.82, 2.24) is 25.4 Å². The molecule has 4 rings (SSSR count). The molecule has 0 aliphatic heterocycles. The van der Waals surface area contributed by atoms with Crippen LogP contribution in [0.3, 0.4) is 0 Å². The van der Waals surface area contributed by atoms with E-state index in [1.54, 1.807) is 6.92 Å². The van der Waals surface area contributed by atoms with Crippen LogP contribution in [-0.4, -0.2) is 26.3 Å². The summed E-state index contributed by atoms with van der Waals surface area (Å²) in [5.41, 5.74) is 10.9. The number of rotatable bonds is 5. The van der Waals surface area contributed by atoms with Crippen molar-refractivity contribution in [2.75, 3.05) is 0 Å². The van der Waals surface area contributed by atoms with Gasteiger partial charge in [0.05, 0.1) is 18.2 Å². The first kappa shape index (κ1) is 21.5. The second kappa shape index (κ2) is 8.78. The number of halogens is 1. The number of hydrazine groups is 1. The summed E-state index contributed by atoms with van der Waals surface area (Å²) in [5.74, 6) is 0.471. The number of nitrogens with one attached hydrogen (secondary N) is 2. The molecule has 2 amide bonds. The number of pyridine rings is 1. The topological polar surface area (TPSA) is 88.9 Å². The Labute approximate surface area is 189 Å². The van der Waals surface area contributed by atoms with Crippen molar-refractivity contribution in [3.05, 3.63) is 56.9 Å². The van der Waals surface area contributed by atoms with Crippen LogP contribution in [0.1, 0.15) is 60.9 Å². The fourth-order valence-electron chi connectivity index (χ4n) is 4.26. The first-order valence-corrected chi connectivity index (χ1v) is 11.4. The van der Waals surface area contributed by atoms with Crippen LogP contribution < -0.4 is 10.9 Å². The molecule has 0 fully saturated rings. The molecule has 0 spiro atoms. The van der Waals surface area contributed by atoms with Crippen molar-refractivity contribution in [3.63, 3.8) is 0 Å². The summed E-state index contributed by atoms with van der Waals surface area (Å²) in [6, 6.07) is 8.55. The third-order valence-corrected chi connectivity index (χ3v) is 6.24. The van der Waals surface area contributed by atoms with E-state index < -0.39 is 0 Å². The lowest BCUT2D eigenvalue weighted by Gasteiger charge is -2.18. The molecule has 1 unspecified atom stereocenters. The Bertz CT molecular complexity index is 1170. The quantitative estimate of drug-likeness (QED) is 0.541. The van der Waals surface area contributed by atoms with E-state index >= 15 is 0 Å². The average Bonchev–Trinajstić information content (AvgIpc) is 3.32. The molecule has 0 saturated carbocycles. The summed E-state index contributed by atoms with van der Waals surface area (Å²) in [6.07, 6.45) is 3.21. The van der Waals surface area contributed by atoms with Crippen LogP contribution in [0.5, 0.6) is 0 Å². The minimum atomic E-state index is -0.300. The number of carbonyl (C=O) groups is 2. The van der Waals surface area contributed by atoms with Gasteiger partial charge in [-0.1, -0.05) is 35.8 Å². The average molecular weight is 484 g/mol. The van der Waals surface area contributed by atoms with Crippen molar-refractivity contribution < 1.29 is 9.59 Å². The molecular formula is C23H26BrN5O2. The summed E-state index contributed by atoms with van der Waals surface area (Å²) < 4.78 is 3.35.